The third kappa shape index (κ3) is 2.98. The van der Waals surface area contributed by atoms with E-state index < -0.39 is 0 Å². The van der Waals surface area contributed by atoms with Gasteiger partial charge in [-0.15, -0.1) is 0 Å². The van der Waals surface area contributed by atoms with Crippen molar-refractivity contribution < 1.29 is 9.53 Å². The van der Waals surface area contributed by atoms with E-state index >= 15 is 0 Å². The molecule has 0 aliphatic heterocycles. The van der Waals surface area contributed by atoms with E-state index in [2.05, 4.69) is 10.3 Å². The molecule has 0 spiro atoms. The highest BCUT2D eigenvalue weighted by atomic mass is 16.5. The number of pyridine rings is 1. The maximum Gasteiger partial charge on any atom is 0.223 e. The molecule has 96 valence electrons. The number of rotatable bonds is 6. The first-order chi connectivity index (χ1) is 8.81. The minimum Gasteiger partial charge on any atom is -0.489 e. The van der Waals surface area contributed by atoms with Crippen LogP contribution in [-0.2, 0) is 4.79 Å². The molecule has 2 aromatic rings. The van der Waals surface area contributed by atoms with Crippen LogP contribution in [0.15, 0.2) is 30.7 Å². The average Bonchev–Trinajstić information content (AvgIpc) is 2.85. The number of carbonyl (C=O) groups excluding carboxylic acids is 1. The van der Waals surface area contributed by atoms with Gasteiger partial charge in [0.25, 0.3) is 0 Å². The highest BCUT2D eigenvalue weighted by molar-refractivity contribution is 5.76. The summed E-state index contributed by atoms with van der Waals surface area (Å²) in [7, 11) is 0. The summed E-state index contributed by atoms with van der Waals surface area (Å²) in [5.41, 5.74) is 6.04. The van der Waals surface area contributed by atoms with Crippen LogP contribution in [0.4, 0.5) is 0 Å². The van der Waals surface area contributed by atoms with Crippen LogP contribution in [0.5, 0.6) is 5.75 Å². The molecular weight excluding hydrogens is 232 g/mol. The Balaban J connectivity index is 1.87. The number of nitrogens with two attached hydrogens (primary N) is 1. The van der Waals surface area contributed by atoms with E-state index in [0.717, 1.165) is 5.65 Å². The zero-order chi connectivity index (χ0) is 12.8. The second-order valence-electron chi connectivity index (χ2n) is 3.77. The first kappa shape index (κ1) is 12.4. The lowest BCUT2D eigenvalue weighted by molar-refractivity contribution is -0.121. The summed E-state index contributed by atoms with van der Waals surface area (Å²) >= 11 is 0. The highest BCUT2D eigenvalue weighted by Crippen LogP contribution is 2.17. The Bertz CT molecular complexity index is 524. The Morgan fingerprint density at radius 3 is 3.22 bits per heavy atom. The predicted molar refractivity (Wildman–Crippen MR) is 67.4 cm³/mol. The van der Waals surface area contributed by atoms with Crippen molar-refractivity contribution in [2.75, 3.05) is 19.7 Å². The van der Waals surface area contributed by atoms with Crippen LogP contribution in [0.2, 0.25) is 0 Å². The Morgan fingerprint density at radius 2 is 2.39 bits per heavy atom. The van der Waals surface area contributed by atoms with Gasteiger partial charge in [-0.3, -0.25) is 4.79 Å². The number of amides is 1. The van der Waals surface area contributed by atoms with Crippen LogP contribution < -0.4 is 15.8 Å². The smallest absolute Gasteiger partial charge is 0.223 e. The third-order valence-corrected chi connectivity index (χ3v) is 2.44. The van der Waals surface area contributed by atoms with Crippen LogP contribution in [0.1, 0.15) is 6.42 Å². The Hall–Kier alpha value is -2.08. The van der Waals surface area contributed by atoms with Crippen molar-refractivity contribution >= 4 is 11.6 Å². The number of nitrogens with zero attached hydrogens (tertiary/aromatic N) is 2. The SMILES string of the molecule is NCCNC(=O)CCOc1cccn2ccnc12. The van der Waals surface area contributed by atoms with Gasteiger partial charge in [0.15, 0.2) is 11.4 Å². The van der Waals surface area contributed by atoms with Crippen molar-refractivity contribution in [1.29, 1.82) is 0 Å². The normalized spacial score (nSPS) is 10.5. The number of ether oxygens (including phenoxy) is 1. The third-order valence-electron chi connectivity index (χ3n) is 2.44. The second-order valence-corrected chi connectivity index (χ2v) is 3.77. The van der Waals surface area contributed by atoms with Crippen molar-refractivity contribution in [1.82, 2.24) is 14.7 Å². The van der Waals surface area contributed by atoms with Gasteiger partial charge < -0.3 is 20.2 Å². The molecule has 0 fully saturated rings. The number of imidazole rings is 1. The molecule has 2 rings (SSSR count). The summed E-state index contributed by atoms with van der Waals surface area (Å²) in [4.78, 5) is 15.5. The Kier molecular flexibility index (Phi) is 4.14. The molecule has 0 bridgehead atoms. The molecule has 0 aromatic carbocycles. The molecule has 0 unspecified atom stereocenters. The van der Waals surface area contributed by atoms with Gasteiger partial charge in [-0.1, -0.05) is 0 Å². The highest BCUT2D eigenvalue weighted by Gasteiger charge is 2.04. The Morgan fingerprint density at radius 1 is 1.50 bits per heavy atom. The fourth-order valence-electron chi connectivity index (χ4n) is 1.59. The molecule has 0 saturated heterocycles. The van der Waals surface area contributed by atoms with Crippen molar-refractivity contribution in [3.8, 4) is 5.75 Å². The summed E-state index contributed by atoms with van der Waals surface area (Å²) < 4.78 is 7.42. The number of hydrogen-bond donors (Lipinski definition) is 2. The van der Waals surface area contributed by atoms with Crippen LogP contribution >= 0.6 is 0 Å². The van der Waals surface area contributed by atoms with E-state index in [1.807, 2.05) is 28.9 Å². The maximum atomic E-state index is 11.3. The van der Waals surface area contributed by atoms with Gasteiger partial charge in [0.1, 0.15) is 0 Å². The van der Waals surface area contributed by atoms with Crippen molar-refractivity contribution in [3.05, 3.63) is 30.7 Å². The standard InChI is InChI=1S/C12H16N4O2/c13-4-5-14-11(17)3-9-18-10-2-1-7-16-8-6-15-12(10)16/h1-2,6-8H,3-5,9,13H2,(H,14,17). The predicted octanol–water partition coefficient (Wildman–Crippen LogP) is 0.178. The molecule has 1 amide bonds. The topological polar surface area (TPSA) is 81.6 Å². The minimum absolute atomic E-state index is 0.0595. The number of nitrogens with one attached hydrogen (secondary N) is 1. The number of carbonyl (C=O) groups is 1. The molecule has 0 aliphatic carbocycles. The van der Waals surface area contributed by atoms with Gasteiger partial charge in [-0.2, -0.15) is 0 Å². The molecule has 18 heavy (non-hydrogen) atoms. The van der Waals surface area contributed by atoms with E-state index in [4.69, 9.17) is 10.5 Å². The number of fused-ring (bicyclic) bond motifs is 1. The van der Waals surface area contributed by atoms with Crippen LogP contribution in [0.3, 0.4) is 0 Å². The van der Waals surface area contributed by atoms with Crippen molar-refractivity contribution in [2.24, 2.45) is 5.73 Å². The zero-order valence-corrected chi connectivity index (χ0v) is 10.0. The molecule has 2 aromatic heterocycles. The van der Waals surface area contributed by atoms with Gasteiger partial charge in [0, 0.05) is 31.7 Å². The molecule has 0 aliphatic rings. The lowest BCUT2D eigenvalue weighted by Crippen LogP contribution is -2.29. The quantitative estimate of drug-likeness (QED) is 0.764. The van der Waals surface area contributed by atoms with E-state index in [0.29, 0.717) is 31.9 Å². The largest absolute Gasteiger partial charge is 0.489 e. The van der Waals surface area contributed by atoms with Crippen molar-refractivity contribution in [2.45, 2.75) is 6.42 Å². The van der Waals surface area contributed by atoms with E-state index in [1.54, 1.807) is 6.20 Å². The molecule has 6 nitrogen and oxygen atoms in total. The number of hydrogen-bond acceptors (Lipinski definition) is 4. The second kappa shape index (κ2) is 6.02. The maximum absolute atomic E-state index is 11.3. The molecule has 0 radical (unpaired) electrons. The van der Waals surface area contributed by atoms with Gasteiger partial charge >= 0.3 is 0 Å². The van der Waals surface area contributed by atoms with E-state index in [-0.39, 0.29) is 5.91 Å². The van der Waals surface area contributed by atoms with Gasteiger partial charge in [0.05, 0.1) is 13.0 Å². The summed E-state index contributed by atoms with van der Waals surface area (Å²) in [5, 5.41) is 2.69. The molecule has 0 atom stereocenters. The summed E-state index contributed by atoms with van der Waals surface area (Å²) in [6.45, 7) is 1.26. The molecule has 3 N–H and O–H groups in total. The fourth-order valence-corrected chi connectivity index (χ4v) is 1.59. The first-order valence-corrected chi connectivity index (χ1v) is 5.82. The summed E-state index contributed by atoms with van der Waals surface area (Å²) in [6.07, 6.45) is 5.75. The van der Waals surface area contributed by atoms with Crippen LogP contribution in [0.25, 0.3) is 5.65 Å². The summed E-state index contributed by atoms with van der Waals surface area (Å²) in [5.74, 6) is 0.616. The lowest BCUT2D eigenvalue weighted by Gasteiger charge is -2.07. The molecular formula is C12H16N4O2. The monoisotopic (exact) mass is 248 g/mol. The Labute approximate surface area is 105 Å². The van der Waals surface area contributed by atoms with Gasteiger partial charge in [-0.05, 0) is 12.1 Å². The van der Waals surface area contributed by atoms with Gasteiger partial charge in [0.2, 0.25) is 5.91 Å². The fraction of sp³-hybridized carbons (Fsp3) is 0.333. The van der Waals surface area contributed by atoms with Crippen molar-refractivity contribution in [3.63, 3.8) is 0 Å². The van der Waals surface area contributed by atoms with E-state index in [9.17, 15) is 4.79 Å². The molecule has 2 heterocycles. The van der Waals surface area contributed by atoms with Crippen LogP contribution in [-0.4, -0.2) is 35.0 Å². The molecule has 0 saturated carbocycles. The summed E-state index contributed by atoms with van der Waals surface area (Å²) in [6, 6.07) is 3.71. The van der Waals surface area contributed by atoms with Crippen LogP contribution in [0, 0.1) is 0 Å². The molecule has 6 heteroatoms. The minimum atomic E-state index is -0.0595. The number of aromatic nitrogens is 2. The zero-order valence-electron chi connectivity index (χ0n) is 10.0. The average molecular weight is 248 g/mol. The van der Waals surface area contributed by atoms with Gasteiger partial charge in [-0.25, -0.2) is 4.98 Å². The first-order valence-electron chi connectivity index (χ1n) is 5.82. The lowest BCUT2D eigenvalue weighted by atomic mass is 10.4. The van der Waals surface area contributed by atoms with E-state index in [1.165, 1.54) is 0 Å².